The zero-order valence-electron chi connectivity index (χ0n) is 10.3. The van der Waals surface area contributed by atoms with Crippen LogP contribution in [0.5, 0.6) is 0 Å². The molecule has 0 fully saturated rings. The zero-order valence-corrected chi connectivity index (χ0v) is 11.1. The van der Waals surface area contributed by atoms with Crippen molar-refractivity contribution in [3.8, 4) is 0 Å². The smallest absolute Gasteiger partial charge is 0.355 e. The fourth-order valence-electron chi connectivity index (χ4n) is 1.11. The van der Waals surface area contributed by atoms with Crippen molar-refractivity contribution in [1.29, 1.82) is 0 Å². The standard InChI is InChI=1S/C11H16N2O4S/c1-7(2)5-17-4-3-12-9(14)10-13-8(6-18-10)11(15)16/h6-7H,3-5H2,1-2H3,(H,12,14)(H,15,16). The first-order valence-electron chi connectivity index (χ1n) is 5.55. The average Bonchev–Trinajstić information content (AvgIpc) is 2.77. The SMILES string of the molecule is CC(C)COCCNC(=O)c1nc(C(=O)O)cs1. The molecule has 7 heteroatoms. The molecular formula is C11H16N2O4S. The minimum atomic E-state index is -1.13. The van der Waals surface area contributed by atoms with E-state index >= 15 is 0 Å². The number of thiazole rings is 1. The van der Waals surface area contributed by atoms with Crippen LogP contribution in [0.15, 0.2) is 5.38 Å². The van der Waals surface area contributed by atoms with Crippen LogP contribution in [0, 0.1) is 5.92 Å². The van der Waals surface area contributed by atoms with Gasteiger partial charge in [-0.05, 0) is 5.92 Å². The summed E-state index contributed by atoms with van der Waals surface area (Å²) in [6.07, 6.45) is 0. The van der Waals surface area contributed by atoms with Crippen molar-refractivity contribution in [3.05, 3.63) is 16.1 Å². The molecule has 0 aromatic carbocycles. The Morgan fingerprint density at radius 3 is 2.83 bits per heavy atom. The first kappa shape index (κ1) is 14.6. The van der Waals surface area contributed by atoms with Crippen LogP contribution in [0.4, 0.5) is 0 Å². The van der Waals surface area contributed by atoms with E-state index in [0.717, 1.165) is 11.3 Å². The highest BCUT2D eigenvalue weighted by molar-refractivity contribution is 7.11. The summed E-state index contributed by atoms with van der Waals surface area (Å²) in [4.78, 5) is 25.9. The van der Waals surface area contributed by atoms with Crippen molar-refractivity contribution in [2.75, 3.05) is 19.8 Å². The zero-order chi connectivity index (χ0) is 13.5. The molecule has 100 valence electrons. The van der Waals surface area contributed by atoms with Crippen LogP contribution in [0.2, 0.25) is 0 Å². The van der Waals surface area contributed by atoms with Crippen molar-refractivity contribution in [1.82, 2.24) is 10.3 Å². The Morgan fingerprint density at radius 1 is 1.56 bits per heavy atom. The van der Waals surface area contributed by atoms with E-state index in [0.29, 0.717) is 25.7 Å². The van der Waals surface area contributed by atoms with Crippen LogP contribution in [0.3, 0.4) is 0 Å². The van der Waals surface area contributed by atoms with Crippen molar-refractivity contribution in [3.63, 3.8) is 0 Å². The maximum atomic E-state index is 11.6. The van der Waals surface area contributed by atoms with Gasteiger partial charge in [-0.25, -0.2) is 9.78 Å². The third-order valence-corrected chi connectivity index (χ3v) is 2.74. The number of ether oxygens (including phenoxy) is 1. The van der Waals surface area contributed by atoms with Crippen molar-refractivity contribution in [2.24, 2.45) is 5.92 Å². The fourth-order valence-corrected chi connectivity index (χ4v) is 1.81. The summed E-state index contributed by atoms with van der Waals surface area (Å²) in [7, 11) is 0. The van der Waals surface area contributed by atoms with Crippen LogP contribution in [-0.2, 0) is 4.74 Å². The van der Waals surface area contributed by atoms with E-state index in [1.807, 2.05) is 13.8 Å². The molecule has 1 aromatic rings. The van der Waals surface area contributed by atoms with Gasteiger partial charge in [-0.3, -0.25) is 4.79 Å². The van der Waals surface area contributed by atoms with E-state index in [1.54, 1.807) is 0 Å². The predicted octanol–water partition coefficient (Wildman–Crippen LogP) is 1.24. The summed E-state index contributed by atoms with van der Waals surface area (Å²) in [5, 5.41) is 12.8. The molecule has 18 heavy (non-hydrogen) atoms. The van der Waals surface area contributed by atoms with Gasteiger partial charge in [-0.15, -0.1) is 11.3 Å². The van der Waals surface area contributed by atoms with Gasteiger partial charge in [-0.1, -0.05) is 13.8 Å². The highest BCUT2D eigenvalue weighted by Crippen LogP contribution is 2.09. The number of rotatable bonds is 7. The Labute approximate surface area is 109 Å². The van der Waals surface area contributed by atoms with Gasteiger partial charge in [0.05, 0.1) is 6.61 Å². The molecule has 1 rings (SSSR count). The van der Waals surface area contributed by atoms with Gasteiger partial charge in [-0.2, -0.15) is 0 Å². The second kappa shape index (κ2) is 7.07. The molecule has 0 unspecified atom stereocenters. The third-order valence-electron chi connectivity index (χ3n) is 1.90. The monoisotopic (exact) mass is 272 g/mol. The molecule has 2 N–H and O–H groups in total. The van der Waals surface area contributed by atoms with Gasteiger partial charge in [0.1, 0.15) is 0 Å². The van der Waals surface area contributed by atoms with E-state index in [9.17, 15) is 9.59 Å². The molecule has 0 saturated heterocycles. The van der Waals surface area contributed by atoms with E-state index in [4.69, 9.17) is 9.84 Å². The van der Waals surface area contributed by atoms with E-state index in [1.165, 1.54) is 5.38 Å². The first-order chi connectivity index (χ1) is 8.50. The Kier molecular flexibility index (Phi) is 5.73. The Bertz CT molecular complexity index is 417. The van der Waals surface area contributed by atoms with Gasteiger partial charge in [0.15, 0.2) is 10.7 Å². The van der Waals surface area contributed by atoms with Gasteiger partial charge in [0.2, 0.25) is 0 Å². The number of nitrogens with zero attached hydrogens (tertiary/aromatic N) is 1. The fraction of sp³-hybridized carbons (Fsp3) is 0.545. The molecule has 1 aromatic heterocycles. The van der Waals surface area contributed by atoms with Crippen LogP contribution in [-0.4, -0.2) is 41.7 Å². The van der Waals surface area contributed by atoms with Crippen LogP contribution < -0.4 is 5.32 Å². The molecule has 0 aliphatic heterocycles. The number of carboxylic acid groups (broad SMARTS) is 1. The summed E-state index contributed by atoms with van der Waals surface area (Å²) in [6, 6.07) is 0. The van der Waals surface area contributed by atoms with E-state index in [2.05, 4.69) is 10.3 Å². The maximum Gasteiger partial charge on any atom is 0.355 e. The molecule has 1 heterocycles. The molecule has 0 spiro atoms. The number of carboxylic acids is 1. The van der Waals surface area contributed by atoms with Crippen molar-refractivity contribution in [2.45, 2.75) is 13.8 Å². The normalized spacial score (nSPS) is 10.6. The lowest BCUT2D eigenvalue weighted by molar-refractivity contribution is 0.0691. The minimum Gasteiger partial charge on any atom is -0.476 e. The lowest BCUT2D eigenvalue weighted by Gasteiger charge is -2.06. The maximum absolute atomic E-state index is 11.6. The molecule has 6 nitrogen and oxygen atoms in total. The lowest BCUT2D eigenvalue weighted by atomic mass is 10.2. The Morgan fingerprint density at radius 2 is 2.28 bits per heavy atom. The predicted molar refractivity (Wildman–Crippen MR) is 67.1 cm³/mol. The molecule has 0 aliphatic rings. The Hall–Kier alpha value is -1.47. The van der Waals surface area contributed by atoms with Crippen LogP contribution in [0.1, 0.15) is 34.1 Å². The van der Waals surface area contributed by atoms with E-state index in [-0.39, 0.29) is 16.6 Å². The molecule has 1 amide bonds. The third kappa shape index (κ3) is 4.80. The summed E-state index contributed by atoms with van der Waals surface area (Å²) in [5.74, 6) is -1.05. The molecular weight excluding hydrogens is 256 g/mol. The number of carbonyl (C=O) groups excluding carboxylic acids is 1. The van der Waals surface area contributed by atoms with Gasteiger partial charge < -0.3 is 15.2 Å². The lowest BCUT2D eigenvalue weighted by Crippen LogP contribution is -2.27. The van der Waals surface area contributed by atoms with Crippen LogP contribution >= 0.6 is 11.3 Å². The minimum absolute atomic E-state index is 0.110. The second-order valence-corrected chi connectivity index (χ2v) is 4.93. The molecule has 0 radical (unpaired) electrons. The number of hydrogen-bond acceptors (Lipinski definition) is 5. The van der Waals surface area contributed by atoms with Gasteiger partial charge >= 0.3 is 5.97 Å². The summed E-state index contributed by atoms with van der Waals surface area (Å²) >= 11 is 1.01. The second-order valence-electron chi connectivity index (χ2n) is 4.07. The molecule has 0 atom stereocenters. The number of nitrogens with one attached hydrogen (secondary N) is 1. The number of carbonyl (C=O) groups is 2. The molecule has 0 bridgehead atoms. The summed E-state index contributed by atoms with van der Waals surface area (Å²) in [5.41, 5.74) is -0.110. The average molecular weight is 272 g/mol. The highest BCUT2D eigenvalue weighted by Gasteiger charge is 2.13. The summed E-state index contributed by atoms with van der Waals surface area (Å²) < 4.78 is 5.30. The number of amides is 1. The number of aromatic nitrogens is 1. The van der Waals surface area contributed by atoms with Gasteiger partial charge in [0, 0.05) is 18.5 Å². The number of hydrogen-bond donors (Lipinski definition) is 2. The van der Waals surface area contributed by atoms with E-state index < -0.39 is 5.97 Å². The first-order valence-corrected chi connectivity index (χ1v) is 6.43. The topological polar surface area (TPSA) is 88.5 Å². The largest absolute Gasteiger partial charge is 0.476 e. The molecule has 0 aliphatic carbocycles. The van der Waals surface area contributed by atoms with Crippen molar-refractivity contribution < 1.29 is 19.4 Å². The van der Waals surface area contributed by atoms with Gasteiger partial charge in [0.25, 0.3) is 5.91 Å². The Balaban J connectivity index is 2.30. The number of aromatic carboxylic acids is 1. The van der Waals surface area contributed by atoms with Crippen molar-refractivity contribution >= 4 is 23.2 Å². The molecule has 0 saturated carbocycles. The summed E-state index contributed by atoms with van der Waals surface area (Å²) in [6.45, 7) is 5.55. The quantitative estimate of drug-likeness (QED) is 0.729. The highest BCUT2D eigenvalue weighted by atomic mass is 32.1. The van der Waals surface area contributed by atoms with Crippen LogP contribution in [0.25, 0.3) is 0 Å².